The van der Waals surface area contributed by atoms with E-state index in [9.17, 15) is 19.5 Å². The topological polar surface area (TPSA) is 128 Å². The molecule has 0 spiro atoms. The number of benzene rings is 4. The summed E-state index contributed by atoms with van der Waals surface area (Å²) < 4.78 is 22.1. The third kappa shape index (κ3) is 10.8. The van der Waals surface area contributed by atoms with E-state index in [-0.39, 0.29) is 12.5 Å². The minimum Gasteiger partial charge on any atom is -0.493 e. The molecule has 1 fully saturated rings. The Balaban J connectivity index is 0.000000377. The molecule has 0 aliphatic heterocycles. The molecule has 0 unspecified atom stereocenters. The fourth-order valence-corrected chi connectivity index (χ4v) is 5.15. The molecule has 1 N–H and O–H groups in total. The Morgan fingerprint density at radius 1 is 0.840 bits per heavy atom. The molecule has 4 aromatic carbocycles. The highest BCUT2D eigenvalue weighted by molar-refractivity contribution is 5.78. The molecule has 1 aromatic heterocycles. The molecule has 6 rings (SSSR count). The molecule has 258 valence electrons. The summed E-state index contributed by atoms with van der Waals surface area (Å²) >= 11 is 0. The fourth-order valence-electron chi connectivity index (χ4n) is 5.15. The normalized spacial score (nSPS) is 11.9. The predicted molar refractivity (Wildman–Crippen MR) is 187 cm³/mol. The van der Waals surface area contributed by atoms with Crippen LogP contribution in [0.5, 0.6) is 17.2 Å². The molecule has 1 aliphatic rings. The number of nitrogens with zero attached hydrogens (tertiary/aromatic N) is 2. The summed E-state index contributed by atoms with van der Waals surface area (Å²) in [5, 5.41) is 9.34. The second kappa shape index (κ2) is 17.0. The molecule has 10 heteroatoms. The van der Waals surface area contributed by atoms with Crippen molar-refractivity contribution in [2.75, 3.05) is 13.2 Å². The first-order valence-electron chi connectivity index (χ1n) is 16.4. The van der Waals surface area contributed by atoms with E-state index in [1.807, 2.05) is 80.6 Å². The van der Waals surface area contributed by atoms with Crippen LogP contribution in [0.1, 0.15) is 53.8 Å². The highest BCUT2D eigenvalue weighted by atomic mass is 16.6. The largest absolute Gasteiger partial charge is 0.493 e. The van der Waals surface area contributed by atoms with Crippen molar-refractivity contribution in [3.05, 3.63) is 131 Å². The van der Waals surface area contributed by atoms with Gasteiger partial charge < -0.3 is 23.7 Å². The van der Waals surface area contributed by atoms with Gasteiger partial charge in [-0.05, 0) is 97.8 Å². The minimum absolute atomic E-state index is 0.0914. The van der Waals surface area contributed by atoms with Crippen LogP contribution in [-0.4, -0.2) is 46.2 Å². The lowest BCUT2D eigenvalue weighted by molar-refractivity contribution is -0.138. The first-order chi connectivity index (χ1) is 24.1. The van der Waals surface area contributed by atoms with Gasteiger partial charge in [0.1, 0.15) is 29.6 Å². The minimum atomic E-state index is -1.11. The van der Waals surface area contributed by atoms with E-state index in [0.717, 1.165) is 46.5 Å². The van der Waals surface area contributed by atoms with Crippen molar-refractivity contribution >= 4 is 18.0 Å². The van der Waals surface area contributed by atoms with Crippen molar-refractivity contribution < 1.29 is 38.1 Å². The van der Waals surface area contributed by atoms with Gasteiger partial charge in [0.2, 0.25) is 5.89 Å². The van der Waals surface area contributed by atoms with Gasteiger partial charge in [-0.3, -0.25) is 14.5 Å². The molecule has 50 heavy (non-hydrogen) atoms. The average molecular weight is 677 g/mol. The Morgan fingerprint density at radius 3 is 2.20 bits per heavy atom. The molecule has 5 aromatic rings. The number of ether oxygens (including phenoxy) is 3. The molecule has 0 radical (unpaired) electrons. The number of rotatable bonds is 12. The number of amides is 1. The van der Waals surface area contributed by atoms with Crippen molar-refractivity contribution in [3.8, 4) is 28.7 Å². The molecule has 1 aliphatic carbocycles. The summed E-state index contributed by atoms with van der Waals surface area (Å²) in [6.07, 6.45) is 2.15. The molecular weight excluding hydrogens is 636 g/mol. The smallest absolute Gasteiger partial charge is 0.416 e. The number of hydrogen-bond acceptors (Lipinski definition) is 8. The van der Waals surface area contributed by atoms with Crippen molar-refractivity contribution in [1.82, 2.24) is 9.88 Å². The zero-order valence-corrected chi connectivity index (χ0v) is 28.3. The van der Waals surface area contributed by atoms with Crippen LogP contribution in [-0.2, 0) is 22.6 Å². The lowest BCUT2D eigenvalue weighted by atomic mass is 10.1. The van der Waals surface area contributed by atoms with Crippen molar-refractivity contribution in [3.63, 3.8) is 0 Å². The van der Waals surface area contributed by atoms with Crippen LogP contribution >= 0.6 is 0 Å². The van der Waals surface area contributed by atoms with E-state index in [1.54, 1.807) is 36.4 Å². The number of aryl methyl sites for hydroxylation is 2. The Kier molecular flexibility index (Phi) is 12.0. The van der Waals surface area contributed by atoms with E-state index >= 15 is 0 Å². The number of carbonyl (C=O) groups is 3. The van der Waals surface area contributed by atoms with Crippen LogP contribution < -0.4 is 14.2 Å². The molecular formula is C40H40N2O8. The maximum absolute atomic E-state index is 12.8. The molecule has 1 heterocycles. The van der Waals surface area contributed by atoms with E-state index in [2.05, 4.69) is 4.98 Å². The zero-order chi connectivity index (χ0) is 35.5. The van der Waals surface area contributed by atoms with E-state index in [0.29, 0.717) is 42.1 Å². The highest BCUT2D eigenvalue weighted by Crippen LogP contribution is 2.41. The van der Waals surface area contributed by atoms with Gasteiger partial charge in [-0.2, -0.15) is 0 Å². The van der Waals surface area contributed by atoms with Crippen molar-refractivity contribution in [2.45, 2.75) is 52.5 Å². The van der Waals surface area contributed by atoms with Crippen molar-refractivity contribution in [1.29, 1.82) is 0 Å². The number of hydrogen-bond donors (Lipinski definition) is 1. The van der Waals surface area contributed by atoms with Crippen LogP contribution in [0.25, 0.3) is 11.5 Å². The number of esters is 1. The highest BCUT2D eigenvalue weighted by Gasteiger charge is 2.25. The Labute approximate surface area is 291 Å². The first-order valence-corrected chi connectivity index (χ1v) is 16.4. The number of oxazole rings is 1. The SMILES string of the molecule is CC(=O)Oc1cccc(C)c1.Cc1oc(-c2ccccc2)nc1CCOc1ccc(CN(CC(=O)O)C(=O)Oc2cccc(C3CC3)c2)cc1. The molecule has 1 amide bonds. The Bertz CT molecular complexity index is 1900. The lowest BCUT2D eigenvalue weighted by Crippen LogP contribution is -2.37. The summed E-state index contributed by atoms with van der Waals surface area (Å²) in [7, 11) is 0. The van der Waals surface area contributed by atoms with Crippen LogP contribution in [0.3, 0.4) is 0 Å². The van der Waals surface area contributed by atoms with Gasteiger partial charge in [-0.15, -0.1) is 0 Å². The third-order valence-electron chi connectivity index (χ3n) is 7.77. The van der Waals surface area contributed by atoms with E-state index < -0.39 is 18.6 Å². The van der Waals surface area contributed by atoms with E-state index in [1.165, 1.54) is 11.8 Å². The summed E-state index contributed by atoms with van der Waals surface area (Å²) in [4.78, 5) is 40.5. The Morgan fingerprint density at radius 2 is 1.54 bits per heavy atom. The van der Waals surface area contributed by atoms with Gasteiger partial charge in [-0.1, -0.05) is 54.6 Å². The summed E-state index contributed by atoms with van der Waals surface area (Å²) in [6, 6.07) is 31.8. The summed E-state index contributed by atoms with van der Waals surface area (Å²) in [6.45, 7) is 5.27. The number of carboxylic acids is 1. The maximum atomic E-state index is 12.8. The number of aliphatic carboxylic acids is 1. The van der Waals surface area contributed by atoms with Crippen LogP contribution in [0.2, 0.25) is 0 Å². The summed E-state index contributed by atoms with van der Waals surface area (Å²) in [5.74, 6) is 2.16. The predicted octanol–water partition coefficient (Wildman–Crippen LogP) is 8.15. The molecule has 1 saturated carbocycles. The molecule has 0 saturated heterocycles. The second-order valence-corrected chi connectivity index (χ2v) is 12.0. The van der Waals surface area contributed by atoms with Gasteiger partial charge in [0, 0.05) is 25.5 Å². The van der Waals surface area contributed by atoms with Gasteiger partial charge in [0.15, 0.2) is 0 Å². The first kappa shape index (κ1) is 35.4. The number of carboxylic acid groups (broad SMARTS) is 1. The molecule has 0 bridgehead atoms. The monoisotopic (exact) mass is 676 g/mol. The standard InChI is InChI=1S/C31H30N2O6.C9H10O2/c1-21-28(32-30(38-21)24-6-3-2-4-7-24)16-17-37-26-14-10-22(11-15-26)19-33(20-29(34)35)31(36)39-27-9-5-8-25(18-27)23-12-13-23;1-7-4-3-5-9(6-7)11-8(2)10/h2-11,14-15,18,23H,12-13,16-17,19-20H2,1H3,(H,34,35);3-6H,1-2H3. The zero-order valence-electron chi connectivity index (χ0n) is 28.3. The molecule has 0 atom stereocenters. The second-order valence-electron chi connectivity index (χ2n) is 12.0. The Hall–Kier alpha value is -5.90. The van der Waals surface area contributed by atoms with Crippen LogP contribution in [0, 0.1) is 13.8 Å². The van der Waals surface area contributed by atoms with Crippen molar-refractivity contribution in [2.24, 2.45) is 0 Å². The maximum Gasteiger partial charge on any atom is 0.416 e. The van der Waals surface area contributed by atoms with E-state index in [4.69, 9.17) is 18.6 Å². The lowest BCUT2D eigenvalue weighted by Gasteiger charge is -2.20. The average Bonchev–Trinajstić information content (AvgIpc) is 3.88. The fraction of sp³-hybridized carbons (Fsp3) is 0.250. The quantitative estimate of drug-likeness (QED) is 0.103. The van der Waals surface area contributed by atoms with Crippen LogP contribution in [0.15, 0.2) is 108 Å². The van der Waals surface area contributed by atoms with Gasteiger partial charge in [0.25, 0.3) is 0 Å². The van der Waals surface area contributed by atoms with Gasteiger partial charge in [-0.25, -0.2) is 9.78 Å². The van der Waals surface area contributed by atoms with Gasteiger partial charge >= 0.3 is 18.0 Å². The third-order valence-corrected chi connectivity index (χ3v) is 7.77. The van der Waals surface area contributed by atoms with Crippen LogP contribution in [0.4, 0.5) is 4.79 Å². The number of aromatic nitrogens is 1. The molecule has 10 nitrogen and oxygen atoms in total. The van der Waals surface area contributed by atoms with Gasteiger partial charge in [0.05, 0.1) is 12.3 Å². The number of carbonyl (C=O) groups excluding carboxylic acids is 2. The summed E-state index contributed by atoms with van der Waals surface area (Å²) in [5.41, 5.74) is 4.75.